The molecule has 0 saturated carbocycles. The number of carbonyl (C=O) groups is 11. The minimum Gasteiger partial charge on any atom is -0.490 e. The summed E-state index contributed by atoms with van der Waals surface area (Å²) in [5.74, 6) is -5.24. The van der Waals surface area contributed by atoms with Gasteiger partial charge in [0, 0.05) is 69.6 Å². The SMILES string of the molecule is C=C1OCc2c(cc3n(c2=O)Cc2c-3nc3ccc(OCNC(=O)OCc4ccc(NC(=O)[C@H](C)NC(=O)[C@H](C)NC(=O)CN(CCN5C(=O)C=CC5=O)CC(=O)N[C@@H](C)C(=O)N[C@@H](C)C(=O)Nc5ccc(COC(=O)NCOc6ccc7nc8c(c(CC)c7c6)Cn6c-8cc7c(c6=O)COC(=O)[C@]7(O)CC)cc5)cc4)cc3c2CC)[C@@]1(O)CC. The molecule has 6 atom stereocenters. The second-order valence-corrected chi connectivity index (χ2v) is 29.6. The molecule has 0 fully saturated rings. The highest BCUT2D eigenvalue weighted by atomic mass is 16.6. The van der Waals surface area contributed by atoms with Crippen LogP contribution in [0.1, 0.15) is 124 Å². The Bertz CT molecular complexity index is 5370. The van der Waals surface area contributed by atoms with Crippen molar-refractivity contribution in [1.29, 1.82) is 0 Å². The number of esters is 1. The Hall–Kier alpha value is -13.7. The van der Waals surface area contributed by atoms with E-state index in [1.165, 1.54) is 32.6 Å². The highest BCUT2D eigenvalue weighted by Gasteiger charge is 2.46. The van der Waals surface area contributed by atoms with Crippen LogP contribution in [-0.4, -0.2) is 168 Å². The quantitative estimate of drug-likeness (QED) is 0.0119. The maximum Gasteiger partial charge on any atom is 0.410 e. The van der Waals surface area contributed by atoms with Gasteiger partial charge in [-0.2, -0.15) is 0 Å². The van der Waals surface area contributed by atoms with Crippen LogP contribution in [0.2, 0.25) is 0 Å². The summed E-state index contributed by atoms with van der Waals surface area (Å²) in [5, 5.41) is 45.0. The summed E-state index contributed by atoms with van der Waals surface area (Å²) in [7, 11) is 0. The number of anilines is 2. The van der Waals surface area contributed by atoms with Crippen molar-refractivity contribution in [1.82, 2.24) is 60.8 Å². The number of aromatic nitrogens is 4. The third-order valence-corrected chi connectivity index (χ3v) is 21.8. The molecule has 0 unspecified atom stereocenters. The number of aliphatic hydroxyl groups is 2. The maximum atomic E-state index is 13.8. The van der Waals surface area contributed by atoms with Gasteiger partial charge in [0.05, 0.1) is 71.1 Å². The second-order valence-electron chi connectivity index (χ2n) is 29.6. The molecule has 10 amide bonds. The molecule has 4 aromatic carbocycles. The first kappa shape index (κ1) is 84.3. The van der Waals surface area contributed by atoms with E-state index in [0.717, 1.165) is 50.1 Å². The molecule has 0 bridgehead atoms. The summed E-state index contributed by atoms with van der Waals surface area (Å²) < 4.78 is 36.7. The van der Waals surface area contributed by atoms with Crippen molar-refractivity contribution in [2.24, 2.45) is 0 Å². The number of fused-ring (bicyclic) bond motifs is 10. The Balaban J connectivity index is 0.512. The first-order valence-electron chi connectivity index (χ1n) is 39.1. The van der Waals surface area contributed by atoms with Gasteiger partial charge >= 0.3 is 18.2 Å². The fourth-order valence-corrected chi connectivity index (χ4v) is 15.0. The van der Waals surface area contributed by atoms with Gasteiger partial charge in [0.2, 0.25) is 35.4 Å². The average Bonchev–Trinajstić information content (AvgIpc) is 1.52. The highest BCUT2D eigenvalue weighted by molar-refractivity contribution is 6.13. The van der Waals surface area contributed by atoms with Crippen molar-refractivity contribution in [3.8, 4) is 34.3 Å². The number of alkyl carbamates (subject to hydrolysis) is 2. The van der Waals surface area contributed by atoms with Crippen molar-refractivity contribution >= 4 is 98.6 Å². The van der Waals surface area contributed by atoms with Crippen LogP contribution < -0.4 is 63.1 Å². The third kappa shape index (κ3) is 17.5. The summed E-state index contributed by atoms with van der Waals surface area (Å²) >= 11 is 0. The number of benzene rings is 4. The molecule has 4 aromatic heterocycles. The number of pyridine rings is 4. The molecular weight excluding hydrogens is 1550 g/mol. The monoisotopic (exact) mass is 1640 g/mol. The van der Waals surface area contributed by atoms with Gasteiger partial charge in [0.15, 0.2) is 19.1 Å². The molecule has 5 aliphatic rings. The van der Waals surface area contributed by atoms with Gasteiger partial charge in [-0.3, -0.25) is 68.4 Å². The molecule has 5 aliphatic heterocycles. The Morgan fingerprint density at radius 1 is 0.533 bits per heavy atom. The molecule has 0 spiro atoms. The van der Waals surface area contributed by atoms with Gasteiger partial charge in [-0.1, -0.05) is 58.5 Å². The predicted molar refractivity (Wildman–Crippen MR) is 432 cm³/mol. The Morgan fingerprint density at radius 2 is 0.950 bits per heavy atom. The number of nitrogens with one attached hydrogen (secondary N) is 8. The summed E-state index contributed by atoms with van der Waals surface area (Å²) in [6, 6.07) is 22.1. The van der Waals surface area contributed by atoms with E-state index in [0.29, 0.717) is 91.8 Å². The molecule has 35 nitrogen and oxygen atoms in total. The standard InChI is InChI=1S/C85H90N14O21/c1-10-55-57-30-53(22-24-65(57)94-73-59(55)34-98-67(73)32-63-61(79(98)108)40-115-48(9)84(63,113)12-3)119-42-86-82(111)117-38-49-14-18-51(19-15-49)92-77(106)46(7)90-75(104)44(5)88-69(100)36-96(28-29-97-71(102)26-27-72(97)103)37-70(101)89-45(6)76(105)91-47(8)78(107)93-52-20-16-50(17-21-52)39-118-83(112)87-43-120-54-23-25-66-58(31-54)56(11-2)60-35-99-68(74(60)95-66)33-64-62(80(99)109)41-116-81(110)85(64,114)13-4/h14-27,30-33,44-47,113-114H,9-13,28-29,34-43H2,1-8H3,(H,86,111)(H,87,112)(H,88,100)(H,89,101)(H,90,104)(H,91,105)(H,92,106)(H,93,107)/t44-,45-,46-,47-,84+,85-/m0/s1. The molecule has 626 valence electrons. The van der Waals surface area contributed by atoms with Crippen LogP contribution in [0, 0.1) is 0 Å². The predicted octanol–water partition coefficient (Wildman–Crippen LogP) is 4.93. The first-order valence-corrected chi connectivity index (χ1v) is 39.1. The Kier molecular flexibility index (Phi) is 24.8. The van der Waals surface area contributed by atoms with Gasteiger partial charge in [-0.25, -0.2) is 24.4 Å². The number of aryl methyl sites for hydroxylation is 2. The number of nitrogens with zero attached hydrogens (tertiary/aromatic N) is 6. The number of amides is 10. The zero-order chi connectivity index (χ0) is 85.8. The van der Waals surface area contributed by atoms with E-state index in [9.17, 15) is 72.5 Å². The van der Waals surface area contributed by atoms with Crippen molar-refractivity contribution in [2.45, 2.75) is 156 Å². The second kappa shape index (κ2) is 35.3. The number of hydrogen-bond donors (Lipinski definition) is 10. The summed E-state index contributed by atoms with van der Waals surface area (Å²) in [6.07, 6.45) is 2.06. The van der Waals surface area contributed by atoms with E-state index in [1.54, 1.807) is 108 Å². The minimum atomic E-state index is -1.96. The topological polar surface area (TPSA) is 456 Å². The minimum absolute atomic E-state index is 0.00783. The number of hydrogen-bond acceptors (Lipinski definition) is 24. The lowest BCUT2D eigenvalue weighted by Gasteiger charge is -2.35. The fraction of sp³-hybridized carbons (Fsp3) is 0.353. The molecule has 120 heavy (non-hydrogen) atoms. The lowest BCUT2D eigenvalue weighted by molar-refractivity contribution is -0.172. The van der Waals surface area contributed by atoms with E-state index in [-0.39, 0.29) is 107 Å². The highest BCUT2D eigenvalue weighted by Crippen LogP contribution is 2.45. The normalized spacial score (nSPS) is 16.8. The van der Waals surface area contributed by atoms with Gasteiger partial charge in [-0.05, 0) is 148 Å². The summed E-state index contributed by atoms with van der Waals surface area (Å²) in [5.41, 5.74) is 6.25. The van der Waals surface area contributed by atoms with Gasteiger partial charge in [-0.15, -0.1) is 0 Å². The number of rotatable bonds is 31. The van der Waals surface area contributed by atoms with Crippen molar-refractivity contribution in [3.05, 3.63) is 198 Å². The van der Waals surface area contributed by atoms with E-state index < -0.39 is 114 Å². The van der Waals surface area contributed by atoms with Crippen molar-refractivity contribution in [2.75, 3.05) is 50.3 Å². The van der Waals surface area contributed by atoms with Crippen LogP contribution in [0.5, 0.6) is 11.5 Å². The molecular formula is C85H90N14O21. The van der Waals surface area contributed by atoms with E-state index in [4.69, 9.17) is 38.4 Å². The molecule has 9 heterocycles. The molecule has 0 radical (unpaired) electrons. The zero-order valence-electron chi connectivity index (χ0n) is 67.1. The van der Waals surface area contributed by atoms with Crippen molar-refractivity contribution in [3.63, 3.8) is 0 Å². The van der Waals surface area contributed by atoms with Crippen LogP contribution in [0.25, 0.3) is 44.6 Å². The molecule has 0 aliphatic carbocycles. The van der Waals surface area contributed by atoms with E-state index in [2.05, 4.69) is 49.1 Å². The van der Waals surface area contributed by atoms with Crippen LogP contribution in [0.15, 0.2) is 131 Å². The van der Waals surface area contributed by atoms with E-state index in [1.807, 2.05) is 26.0 Å². The van der Waals surface area contributed by atoms with Crippen LogP contribution >= 0.6 is 0 Å². The smallest absolute Gasteiger partial charge is 0.410 e. The van der Waals surface area contributed by atoms with Gasteiger partial charge in [0.1, 0.15) is 73.5 Å². The average molecular weight is 1640 g/mol. The Morgan fingerprint density at radius 3 is 1.38 bits per heavy atom. The van der Waals surface area contributed by atoms with Crippen LogP contribution in [0.3, 0.4) is 0 Å². The van der Waals surface area contributed by atoms with Gasteiger partial charge in [0.25, 0.3) is 22.9 Å². The summed E-state index contributed by atoms with van der Waals surface area (Å²) in [6.45, 7) is 14.9. The summed E-state index contributed by atoms with van der Waals surface area (Å²) in [4.78, 5) is 183. The lowest BCUT2D eigenvalue weighted by atomic mass is 9.84. The molecule has 0 saturated heterocycles. The molecule has 35 heteroatoms. The largest absolute Gasteiger partial charge is 0.490 e. The molecule has 8 aromatic rings. The number of carbonyl (C=O) groups excluding carboxylic acids is 11. The van der Waals surface area contributed by atoms with Gasteiger partial charge < -0.3 is 79.7 Å². The maximum absolute atomic E-state index is 13.8. The Labute approximate surface area is 686 Å². The van der Waals surface area contributed by atoms with Crippen molar-refractivity contribution < 1.29 is 91.4 Å². The number of ether oxygens (including phenoxy) is 6. The zero-order valence-corrected chi connectivity index (χ0v) is 67.1. The number of imide groups is 1. The third-order valence-electron chi connectivity index (χ3n) is 21.8. The lowest BCUT2D eigenvalue weighted by Crippen LogP contribution is -2.54. The van der Waals surface area contributed by atoms with Crippen LogP contribution in [-0.2, 0) is 126 Å². The first-order chi connectivity index (χ1) is 57.4. The van der Waals surface area contributed by atoms with Crippen LogP contribution in [0.4, 0.5) is 21.0 Å². The fourth-order valence-electron chi connectivity index (χ4n) is 15.0. The molecule has 13 rings (SSSR count). The molecule has 10 N–H and O–H groups in total. The number of cyclic esters (lactones) is 1. The van der Waals surface area contributed by atoms with E-state index >= 15 is 0 Å².